The van der Waals surface area contributed by atoms with Crippen LogP contribution in [0.2, 0.25) is 0 Å². The maximum absolute atomic E-state index is 13.0. The first-order chi connectivity index (χ1) is 19.0. The fraction of sp³-hybridized carbons (Fsp3) is 0.839. The molecule has 0 aliphatic carbocycles. The molecule has 1 heterocycles. The molecule has 40 heavy (non-hydrogen) atoms. The lowest BCUT2D eigenvalue weighted by Crippen LogP contribution is -2.40. The molecule has 1 aliphatic rings. The second-order valence-corrected chi connectivity index (χ2v) is 11.4. The number of hydrogen-bond acceptors (Lipinski definition) is 8. The summed E-state index contributed by atoms with van der Waals surface area (Å²) in [6.07, 6.45) is 6.82. The zero-order valence-corrected chi connectivity index (χ0v) is 26.3. The van der Waals surface area contributed by atoms with Gasteiger partial charge in [0.25, 0.3) is 0 Å². The maximum atomic E-state index is 13.0. The van der Waals surface area contributed by atoms with Crippen molar-refractivity contribution in [2.45, 2.75) is 118 Å². The van der Waals surface area contributed by atoms with Crippen molar-refractivity contribution in [3.8, 4) is 0 Å². The van der Waals surface area contributed by atoms with Gasteiger partial charge in [0.2, 0.25) is 6.41 Å². The van der Waals surface area contributed by atoms with Gasteiger partial charge < -0.3 is 28.6 Å². The second-order valence-electron chi connectivity index (χ2n) is 11.4. The van der Waals surface area contributed by atoms with Crippen LogP contribution in [0.4, 0.5) is 0 Å². The van der Waals surface area contributed by atoms with Gasteiger partial charge in [0.1, 0.15) is 12.2 Å². The van der Waals surface area contributed by atoms with Crippen LogP contribution in [0.25, 0.3) is 0 Å². The average molecular weight is 570 g/mol. The Hall–Kier alpha value is -1.97. The van der Waals surface area contributed by atoms with Crippen LogP contribution < -0.4 is 0 Å². The molecule has 9 nitrogen and oxygen atoms in total. The standard InChI is InChI=1S/C31H55NO8/c1-10-29(34)39-27(21(3)4)19-28(36-8)22(5)14-15-25(40-31(35)26-13-12-18-38-26)24(7)30(37-9)23(6)16-17-32(11-2)20-33/h16-17,20-28,30H,10-15,18-19H2,1-9H3/b17-16+/t22-,23+,24-,25+,26+,27-,28-,30+/m0/s1. The molecule has 1 rings (SSSR count). The van der Waals surface area contributed by atoms with E-state index in [1.54, 1.807) is 32.2 Å². The Morgan fingerprint density at radius 3 is 2.17 bits per heavy atom. The summed E-state index contributed by atoms with van der Waals surface area (Å²) in [5.74, 6) is -0.384. The van der Waals surface area contributed by atoms with Crippen molar-refractivity contribution in [3.05, 3.63) is 12.3 Å². The van der Waals surface area contributed by atoms with Crippen LogP contribution in [0, 0.1) is 23.7 Å². The van der Waals surface area contributed by atoms with Crippen LogP contribution in [0.5, 0.6) is 0 Å². The van der Waals surface area contributed by atoms with E-state index in [9.17, 15) is 14.4 Å². The molecule has 1 aliphatic heterocycles. The summed E-state index contributed by atoms with van der Waals surface area (Å²) in [4.78, 5) is 37.8. The molecule has 0 aromatic rings. The van der Waals surface area contributed by atoms with E-state index in [0.717, 1.165) is 19.3 Å². The van der Waals surface area contributed by atoms with E-state index in [4.69, 9.17) is 23.7 Å². The summed E-state index contributed by atoms with van der Waals surface area (Å²) in [6, 6.07) is 0. The topological polar surface area (TPSA) is 101 Å². The summed E-state index contributed by atoms with van der Waals surface area (Å²) >= 11 is 0. The molecule has 0 radical (unpaired) electrons. The molecule has 0 bridgehead atoms. The zero-order chi connectivity index (χ0) is 30.2. The summed E-state index contributed by atoms with van der Waals surface area (Å²) in [6.45, 7) is 15.1. The monoisotopic (exact) mass is 569 g/mol. The van der Waals surface area contributed by atoms with Crippen molar-refractivity contribution in [1.29, 1.82) is 0 Å². The molecule has 9 heteroatoms. The van der Waals surface area contributed by atoms with E-state index in [1.165, 1.54) is 0 Å². The predicted molar refractivity (Wildman–Crippen MR) is 154 cm³/mol. The van der Waals surface area contributed by atoms with Gasteiger partial charge in [-0.1, -0.05) is 47.6 Å². The third kappa shape index (κ3) is 11.9. The minimum absolute atomic E-state index is 0.0258. The summed E-state index contributed by atoms with van der Waals surface area (Å²) in [5.41, 5.74) is 0. The van der Waals surface area contributed by atoms with Gasteiger partial charge in [-0.15, -0.1) is 0 Å². The van der Waals surface area contributed by atoms with Gasteiger partial charge in [-0.3, -0.25) is 9.59 Å². The molecular weight excluding hydrogens is 514 g/mol. The van der Waals surface area contributed by atoms with Crippen LogP contribution >= 0.6 is 0 Å². The quantitative estimate of drug-likeness (QED) is 0.147. The van der Waals surface area contributed by atoms with Crippen molar-refractivity contribution >= 4 is 18.3 Å². The number of ether oxygens (including phenoxy) is 5. The average Bonchev–Trinajstić information content (AvgIpc) is 3.49. The van der Waals surface area contributed by atoms with Gasteiger partial charge in [0.05, 0.1) is 12.2 Å². The van der Waals surface area contributed by atoms with Crippen LogP contribution in [-0.4, -0.2) is 81.1 Å². The Bertz CT molecular complexity index is 766. The van der Waals surface area contributed by atoms with Crippen molar-refractivity contribution in [3.63, 3.8) is 0 Å². The molecule has 232 valence electrons. The Morgan fingerprint density at radius 1 is 0.975 bits per heavy atom. The Morgan fingerprint density at radius 2 is 1.68 bits per heavy atom. The normalized spacial score (nSPS) is 20.9. The molecule has 1 saturated heterocycles. The minimum atomic E-state index is -0.525. The first-order valence-electron chi connectivity index (χ1n) is 15.0. The van der Waals surface area contributed by atoms with Crippen LogP contribution in [0.3, 0.4) is 0 Å². The first-order valence-corrected chi connectivity index (χ1v) is 15.0. The molecule has 0 N–H and O–H groups in total. The highest BCUT2D eigenvalue weighted by atomic mass is 16.6. The van der Waals surface area contributed by atoms with Crippen molar-refractivity contribution in [2.75, 3.05) is 27.4 Å². The predicted octanol–water partition coefficient (Wildman–Crippen LogP) is 5.16. The number of nitrogens with zero attached hydrogens (tertiary/aromatic N) is 1. The van der Waals surface area contributed by atoms with Gasteiger partial charge in [0.15, 0.2) is 6.10 Å². The lowest BCUT2D eigenvalue weighted by molar-refractivity contribution is -0.166. The van der Waals surface area contributed by atoms with E-state index in [-0.39, 0.29) is 53.9 Å². The molecule has 0 saturated carbocycles. The fourth-order valence-corrected chi connectivity index (χ4v) is 5.22. The molecule has 0 aromatic heterocycles. The van der Waals surface area contributed by atoms with Crippen molar-refractivity contribution < 1.29 is 38.1 Å². The van der Waals surface area contributed by atoms with E-state index in [1.807, 2.05) is 40.7 Å². The van der Waals surface area contributed by atoms with Gasteiger partial charge in [-0.25, -0.2) is 4.79 Å². The fourth-order valence-electron chi connectivity index (χ4n) is 5.22. The van der Waals surface area contributed by atoms with Gasteiger partial charge in [-0.05, 0) is 44.4 Å². The Kier molecular flexibility index (Phi) is 17.3. The number of amides is 1. The molecule has 0 unspecified atom stereocenters. The van der Waals surface area contributed by atoms with E-state index >= 15 is 0 Å². The number of rotatable bonds is 20. The molecule has 8 atom stereocenters. The smallest absolute Gasteiger partial charge is 0.335 e. The first kappa shape index (κ1) is 36.1. The molecule has 0 spiro atoms. The highest BCUT2D eigenvalue weighted by Crippen LogP contribution is 2.30. The summed E-state index contributed by atoms with van der Waals surface area (Å²) in [5, 5.41) is 0. The van der Waals surface area contributed by atoms with Crippen molar-refractivity contribution in [1.82, 2.24) is 4.90 Å². The third-order valence-corrected chi connectivity index (χ3v) is 8.06. The summed E-state index contributed by atoms with van der Waals surface area (Å²) < 4.78 is 29.2. The van der Waals surface area contributed by atoms with Gasteiger partial charge >= 0.3 is 11.9 Å². The Balaban J connectivity index is 3.04. The SMILES string of the molecule is CCC(=O)O[C@@H](C[C@H](OC)[C@@H](C)CC[C@@H](OC(=O)[C@H]1CCCO1)[C@H](C)[C@H](OC)[C@H](C)/C=C/N(C=O)CC)C(C)C. The van der Waals surface area contributed by atoms with Crippen LogP contribution in [-0.2, 0) is 38.1 Å². The second kappa shape index (κ2) is 19.2. The highest BCUT2D eigenvalue weighted by molar-refractivity contribution is 5.75. The number of methoxy groups -OCH3 is 2. The maximum Gasteiger partial charge on any atom is 0.335 e. The number of hydrogen-bond donors (Lipinski definition) is 0. The lowest BCUT2D eigenvalue weighted by Gasteiger charge is -2.34. The van der Waals surface area contributed by atoms with E-state index in [2.05, 4.69) is 6.92 Å². The van der Waals surface area contributed by atoms with E-state index in [0.29, 0.717) is 38.8 Å². The van der Waals surface area contributed by atoms with E-state index < -0.39 is 12.2 Å². The zero-order valence-electron chi connectivity index (χ0n) is 26.3. The van der Waals surface area contributed by atoms with Gasteiger partial charge in [0, 0.05) is 58.2 Å². The third-order valence-electron chi connectivity index (χ3n) is 8.06. The number of carbonyl (C=O) groups excluding carboxylic acids is 3. The van der Waals surface area contributed by atoms with Crippen molar-refractivity contribution in [2.24, 2.45) is 23.7 Å². The minimum Gasteiger partial charge on any atom is -0.462 e. The number of esters is 2. The van der Waals surface area contributed by atoms with Crippen LogP contribution in [0.15, 0.2) is 12.3 Å². The highest BCUT2D eigenvalue weighted by Gasteiger charge is 2.35. The molecule has 1 amide bonds. The molecular formula is C31H55NO8. The van der Waals surface area contributed by atoms with Gasteiger partial charge in [-0.2, -0.15) is 0 Å². The largest absolute Gasteiger partial charge is 0.462 e. The summed E-state index contributed by atoms with van der Waals surface area (Å²) in [7, 11) is 3.35. The van der Waals surface area contributed by atoms with Crippen LogP contribution in [0.1, 0.15) is 87.0 Å². The Labute approximate surface area is 242 Å². The lowest BCUT2D eigenvalue weighted by atomic mass is 9.84. The number of carbonyl (C=O) groups is 3. The molecule has 1 fully saturated rings. The molecule has 0 aromatic carbocycles.